The van der Waals surface area contributed by atoms with Crippen LogP contribution in [0.15, 0.2) is 21.2 Å². The van der Waals surface area contributed by atoms with Crippen LogP contribution in [-0.2, 0) is 4.74 Å². The average molecular weight is 263 g/mol. The number of nitrogens with one attached hydrogen (secondary N) is 1. The second kappa shape index (κ2) is 5.50. The number of furan rings is 1. The minimum Gasteiger partial charge on any atom is -0.466 e. The first-order chi connectivity index (χ1) is 6.65. The van der Waals surface area contributed by atoms with Crippen molar-refractivity contribution >= 4 is 15.9 Å². The van der Waals surface area contributed by atoms with Crippen LogP contribution >= 0.6 is 15.9 Å². The lowest BCUT2D eigenvalue weighted by Crippen LogP contribution is -2.32. The topological polar surface area (TPSA) is 60.4 Å². The van der Waals surface area contributed by atoms with Crippen molar-refractivity contribution in [2.75, 3.05) is 6.61 Å². The molecule has 80 valence electrons. The van der Waals surface area contributed by atoms with E-state index < -0.39 is 0 Å². The quantitative estimate of drug-likeness (QED) is 0.629. The summed E-state index contributed by atoms with van der Waals surface area (Å²) in [5, 5.41) is 0. The van der Waals surface area contributed by atoms with E-state index >= 15 is 0 Å². The smallest absolute Gasteiger partial charge is 0.138 e. The lowest BCUT2D eigenvalue weighted by atomic mass is 10.2. The molecule has 0 aliphatic rings. The molecule has 0 radical (unpaired) electrons. The predicted molar refractivity (Wildman–Crippen MR) is 57.6 cm³/mol. The number of hydrazine groups is 1. The molecule has 1 aromatic rings. The fraction of sp³-hybridized carbons (Fsp3) is 0.556. The van der Waals surface area contributed by atoms with Crippen LogP contribution in [0.25, 0.3) is 0 Å². The number of nitrogens with two attached hydrogens (primary N) is 1. The van der Waals surface area contributed by atoms with Gasteiger partial charge in [0.25, 0.3) is 0 Å². The van der Waals surface area contributed by atoms with Gasteiger partial charge in [-0.1, -0.05) is 0 Å². The Bertz CT molecular complexity index is 276. The molecule has 5 heteroatoms. The summed E-state index contributed by atoms with van der Waals surface area (Å²) in [5.41, 5.74) is 2.65. The molecule has 1 unspecified atom stereocenters. The van der Waals surface area contributed by atoms with E-state index in [-0.39, 0.29) is 12.1 Å². The SMILES string of the molecule is CC(C)OCC(NN)c1occc1Br. The zero-order chi connectivity index (χ0) is 10.6. The highest BCUT2D eigenvalue weighted by Crippen LogP contribution is 2.24. The van der Waals surface area contributed by atoms with Gasteiger partial charge >= 0.3 is 0 Å². The van der Waals surface area contributed by atoms with Crippen molar-refractivity contribution in [3.63, 3.8) is 0 Å². The number of rotatable bonds is 5. The van der Waals surface area contributed by atoms with Crippen molar-refractivity contribution in [1.29, 1.82) is 0 Å². The zero-order valence-corrected chi connectivity index (χ0v) is 9.87. The molecule has 0 amide bonds. The van der Waals surface area contributed by atoms with Crippen molar-refractivity contribution < 1.29 is 9.15 Å². The van der Waals surface area contributed by atoms with E-state index in [9.17, 15) is 0 Å². The Morgan fingerprint density at radius 2 is 2.36 bits per heavy atom. The van der Waals surface area contributed by atoms with Crippen molar-refractivity contribution in [2.24, 2.45) is 5.84 Å². The summed E-state index contributed by atoms with van der Waals surface area (Å²) >= 11 is 3.37. The van der Waals surface area contributed by atoms with E-state index in [0.717, 1.165) is 10.2 Å². The normalized spacial score (nSPS) is 13.5. The lowest BCUT2D eigenvalue weighted by Gasteiger charge is -2.16. The van der Waals surface area contributed by atoms with Crippen LogP contribution in [0, 0.1) is 0 Å². The molecule has 1 heterocycles. The van der Waals surface area contributed by atoms with E-state index in [2.05, 4.69) is 21.4 Å². The Morgan fingerprint density at radius 3 is 2.79 bits per heavy atom. The molecule has 0 aromatic carbocycles. The molecule has 0 aliphatic carbocycles. The third-order valence-electron chi connectivity index (χ3n) is 1.76. The number of halogens is 1. The fourth-order valence-corrected chi connectivity index (χ4v) is 1.52. The highest BCUT2D eigenvalue weighted by molar-refractivity contribution is 9.10. The second-order valence-electron chi connectivity index (χ2n) is 3.23. The Balaban J connectivity index is 2.58. The highest BCUT2D eigenvalue weighted by atomic mass is 79.9. The first-order valence-corrected chi connectivity index (χ1v) is 5.25. The van der Waals surface area contributed by atoms with Gasteiger partial charge in [0.2, 0.25) is 0 Å². The lowest BCUT2D eigenvalue weighted by molar-refractivity contribution is 0.0566. The van der Waals surface area contributed by atoms with E-state index in [4.69, 9.17) is 15.0 Å². The van der Waals surface area contributed by atoms with Crippen LogP contribution in [0.2, 0.25) is 0 Å². The van der Waals surface area contributed by atoms with Crippen LogP contribution in [0.4, 0.5) is 0 Å². The van der Waals surface area contributed by atoms with Crippen LogP contribution in [0.1, 0.15) is 25.6 Å². The highest BCUT2D eigenvalue weighted by Gasteiger charge is 2.16. The van der Waals surface area contributed by atoms with Gasteiger partial charge < -0.3 is 9.15 Å². The maximum atomic E-state index is 5.45. The molecule has 0 fully saturated rings. The van der Waals surface area contributed by atoms with Gasteiger partial charge in [0, 0.05) is 0 Å². The molecule has 3 N–H and O–H groups in total. The summed E-state index contributed by atoms with van der Waals surface area (Å²) in [7, 11) is 0. The van der Waals surface area contributed by atoms with Crippen LogP contribution in [0.5, 0.6) is 0 Å². The molecular formula is C9H15BrN2O2. The van der Waals surface area contributed by atoms with Gasteiger partial charge in [-0.2, -0.15) is 0 Å². The van der Waals surface area contributed by atoms with Gasteiger partial charge in [0.1, 0.15) is 11.8 Å². The van der Waals surface area contributed by atoms with Gasteiger partial charge in [0.05, 0.1) is 23.4 Å². The molecule has 1 atom stereocenters. The predicted octanol–water partition coefficient (Wildman–Crippen LogP) is 1.97. The summed E-state index contributed by atoms with van der Waals surface area (Å²) in [6, 6.07) is 1.71. The maximum Gasteiger partial charge on any atom is 0.138 e. The molecule has 14 heavy (non-hydrogen) atoms. The minimum atomic E-state index is -0.123. The average Bonchev–Trinajstić information content (AvgIpc) is 2.53. The van der Waals surface area contributed by atoms with Crippen molar-refractivity contribution in [3.8, 4) is 0 Å². The van der Waals surface area contributed by atoms with Crippen LogP contribution in [0.3, 0.4) is 0 Å². The van der Waals surface area contributed by atoms with E-state index in [0.29, 0.717) is 6.61 Å². The maximum absolute atomic E-state index is 5.45. The molecule has 0 spiro atoms. The summed E-state index contributed by atoms with van der Waals surface area (Å²) in [5.74, 6) is 6.17. The van der Waals surface area contributed by atoms with E-state index in [1.807, 2.05) is 19.9 Å². The Hall–Kier alpha value is -0.360. The second-order valence-corrected chi connectivity index (χ2v) is 4.09. The van der Waals surface area contributed by atoms with Gasteiger partial charge in [-0.15, -0.1) is 0 Å². The molecule has 0 saturated heterocycles. The molecule has 1 rings (SSSR count). The summed E-state index contributed by atoms with van der Waals surface area (Å²) in [6.07, 6.45) is 1.79. The summed E-state index contributed by atoms with van der Waals surface area (Å²) in [4.78, 5) is 0. The van der Waals surface area contributed by atoms with Crippen molar-refractivity contribution in [2.45, 2.75) is 26.0 Å². The first-order valence-electron chi connectivity index (χ1n) is 4.45. The van der Waals surface area contributed by atoms with Crippen LogP contribution < -0.4 is 11.3 Å². The standard InChI is InChI=1S/C9H15BrN2O2/c1-6(2)14-5-8(12-11)9-7(10)3-4-13-9/h3-4,6,8,12H,5,11H2,1-2H3. The van der Waals surface area contributed by atoms with E-state index in [1.165, 1.54) is 0 Å². The third kappa shape index (κ3) is 3.09. The fourth-order valence-electron chi connectivity index (χ4n) is 1.04. The third-order valence-corrected chi connectivity index (χ3v) is 2.41. The number of hydrogen-bond acceptors (Lipinski definition) is 4. The van der Waals surface area contributed by atoms with Gasteiger partial charge in [-0.05, 0) is 35.8 Å². The molecule has 4 nitrogen and oxygen atoms in total. The largest absolute Gasteiger partial charge is 0.466 e. The van der Waals surface area contributed by atoms with Crippen molar-refractivity contribution in [3.05, 3.63) is 22.6 Å². The summed E-state index contributed by atoms with van der Waals surface area (Å²) in [6.45, 7) is 4.44. The Kier molecular flexibility index (Phi) is 4.60. The van der Waals surface area contributed by atoms with E-state index in [1.54, 1.807) is 6.26 Å². The molecular weight excluding hydrogens is 248 g/mol. The van der Waals surface area contributed by atoms with Crippen LogP contribution in [-0.4, -0.2) is 12.7 Å². The molecule has 1 aromatic heterocycles. The molecule has 0 bridgehead atoms. The molecule has 0 saturated carbocycles. The van der Waals surface area contributed by atoms with Crippen molar-refractivity contribution in [1.82, 2.24) is 5.43 Å². The molecule has 0 aliphatic heterocycles. The Labute approximate surface area is 91.9 Å². The van der Waals surface area contributed by atoms with Gasteiger partial charge in [-0.25, -0.2) is 5.43 Å². The minimum absolute atomic E-state index is 0.123. The summed E-state index contributed by atoms with van der Waals surface area (Å²) < 4.78 is 11.6. The van der Waals surface area contributed by atoms with Gasteiger partial charge in [-0.3, -0.25) is 5.84 Å². The number of hydrogen-bond donors (Lipinski definition) is 2. The monoisotopic (exact) mass is 262 g/mol. The number of ether oxygens (including phenoxy) is 1. The first kappa shape index (κ1) is 11.7. The Morgan fingerprint density at radius 1 is 1.64 bits per heavy atom. The van der Waals surface area contributed by atoms with Gasteiger partial charge in [0.15, 0.2) is 0 Å². The zero-order valence-electron chi connectivity index (χ0n) is 8.29.